The lowest BCUT2D eigenvalue weighted by atomic mass is 9.98. The first-order valence-corrected chi connectivity index (χ1v) is 11.7. The zero-order valence-corrected chi connectivity index (χ0v) is 18.5. The summed E-state index contributed by atoms with van der Waals surface area (Å²) < 4.78 is 2.01. The van der Waals surface area contributed by atoms with Gasteiger partial charge in [0.2, 0.25) is 0 Å². The average Bonchev–Trinajstić information content (AvgIpc) is 3.11. The van der Waals surface area contributed by atoms with Crippen LogP contribution in [-0.4, -0.2) is 55.0 Å². The van der Waals surface area contributed by atoms with Crippen molar-refractivity contribution < 1.29 is 0 Å². The molecule has 3 aromatic rings. The van der Waals surface area contributed by atoms with Gasteiger partial charge in [0.15, 0.2) is 11.0 Å². The van der Waals surface area contributed by atoms with Crippen LogP contribution in [0.25, 0.3) is 11.5 Å². The molecule has 0 amide bonds. The highest BCUT2D eigenvalue weighted by molar-refractivity contribution is 7.99. The third kappa shape index (κ3) is 3.88. The van der Waals surface area contributed by atoms with E-state index in [-0.39, 0.29) is 0 Å². The lowest BCUT2D eigenvalue weighted by Crippen LogP contribution is -2.23. The molecule has 5 rings (SSSR count). The fourth-order valence-corrected chi connectivity index (χ4v) is 5.61. The smallest absolute Gasteiger partial charge is 0.191 e. The van der Waals surface area contributed by atoms with Gasteiger partial charge in [0, 0.05) is 31.7 Å². The van der Waals surface area contributed by atoms with Crippen LogP contribution in [0.15, 0.2) is 48.0 Å². The minimum atomic E-state index is 0.553. The van der Waals surface area contributed by atoms with Crippen molar-refractivity contribution in [3.05, 3.63) is 54.0 Å². The molecule has 2 aliphatic rings. The fourth-order valence-electron chi connectivity index (χ4n) is 4.77. The van der Waals surface area contributed by atoms with E-state index >= 15 is 0 Å². The van der Waals surface area contributed by atoms with Gasteiger partial charge in [-0.25, -0.2) is 4.98 Å². The second-order valence-corrected chi connectivity index (χ2v) is 9.78. The molecule has 0 N–H and O–H groups in total. The van der Waals surface area contributed by atoms with E-state index in [9.17, 15) is 0 Å². The van der Waals surface area contributed by atoms with Crippen LogP contribution in [0.1, 0.15) is 36.3 Å². The van der Waals surface area contributed by atoms with Gasteiger partial charge >= 0.3 is 0 Å². The van der Waals surface area contributed by atoms with Gasteiger partial charge in [-0.2, -0.15) is 0 Å². The second-order valence-electron chi connectivity index (χ2n) is 8.71. The second kappa shape index (κ2) is 8.12. The quantitative estimate of drug-likeness (QED) is 0.426. The summed E-state index contributed by atoms with van der Waals surface area (Å²) in [5.74, 6) is 2.59. The van der Waals surface area contributed by atoms with Gasteiger partial charge in [0.1, 0.15) is 5.69 Å². The van der Waals surface area contributed by atoms with Gasteiger partial charge in [-0.15, -0.1) is 10.2 Å². The summed E-state index contributed by atoms with van der Waals surface area (Å²) in [6.45, 7) is 5.84. The molecule has 1 saturated heterocycles. The Kier molecular flexibility index (Phi) is 5.33. The largest absolute Gasteiger partial charge is 0.304 e. The number of nitrogens with zero attached hydrogens (tertiary/aromatic N) is 6. The molecule has 7 heteroatoms. The minimum absolute atomic E-state index is 0.553. The van der Waals surface area contributed by atoms with Crippen LogP contribution in [0, 0.1) is 12.3 Å². The van der Waals surface area contributed by atoms with Crippen LogP contribution in [0.2, 0.25) is 0 Å². The molecular weight excluding hydrogens is 392 g/mol. The normalized spacial score (nSPS) is 23.3. The van der Waals surface area contributed by atoms with Crippen molar-refractivity contribution in [2.45, 2.75) is 37.3 Å². The summed E-state index contributed by atoms with van der Waals surface area (Å²) in [4.78, 5) is 11.1. The predicted molar refractivity (Wildman–Crippen MR) is 119 cm³/mol. The number of thioether (sulfide) groups is 1. The Balaban J connectivity index is 1.09. The van der Waals surface area contributed by atoms with Crippen molar-refractivity contribution in [1.29, 1.82) is 0 Å². The van der Waals surface area contributed by atoms with Gasteiger partial charge in [0.05, 0.1) is 6.20 Å². The maximum absolute atomic E-state index is 4.34. The van der Waals surface area contributed by atoms with Crippen molar-refractivity contribution in [3.63, 3.8) is 0 Å². The summed E-state index contributed by atoms with van der Waals surface area (Å²) >= 11 is 1.77. The molecule has 2 atom stereocenters. The zero-order valence-electron chi connectivity index (χ0n) is 17.7. The summed E-state index contributed by atoms with van der Waals surface area (Å²) in [7, 11) is 1.99. The third-order valence-corrected chi connectivity index (χ3v) is 7.72. The molecule has 6 nitrogen and oxygen atoms in total. The number of benzene rings is 1. The van der Waals surface area contributed by atoms with Crippen LogP contribution in [0.5, 0.6) is 0 Å². The molecule has 1 aromatic carbocycles. The first-order chi connectivity index (χ1) is 14.6. The SMILES string of the molecule is Cc1ccc([C@@H]2C[C@@]23CCN(CCCSc2nnc(-c4cnccn4)n2C)C3)cc1. The van der Waals surface area contributed by atoms with Gasteiger partial charge in [-0.3, -0.25) is 4.98 Å². The first kappa shape index (κ1) is 19.7. The number of rotatable bonds is 7. The highest BCUT2D eigenvalue weighted by Gasteiger charge is 2.57. The van der Waals surface area contributed by atoms with E-state index in [1.165, 1.54) is 44.5 Å². The highest BCUT2D eigenvalue weighted by atomic mass is 32.2. The molecule has 1 spiro atoms. The molecule has 2 aromatic heterocycles. The molecule has 2 fully saturated rings. The van der Waals surface area contributed by atoms with E-state index in [0.717, 1.165) is 28.3 Å². The lowest BCUT2D eigenvalue weighted by molar-refractivity contribution is 0.319. The highest BCUT2D eigenvalue weighted by Crippen LogP contribution is 2.64. The number of aromatic nitrogens is 5. The number of likely N-dealkylation sites (tertiary alicyclic amines) is 1. The van der Waals surface area contributed by atoms with Crippen molar-refractivity contribution >= 4 is 11.8 Å². The van der Waals surface area contributed by atoms with Gasteiger partial charge in [-0.05, 0) is 56.2 Å². The van der Waals surface area contributed by atoms with E-state index in [4.69, 9.17) is 0 Å². The fraction of sp³-hybridized carbons (Fsp3) is 0.478. The number of aryl methyl sites for hydroxylation is 1. The molecule has 0 radical (unpaired) electrons. The summed E-state index contributed by atoms with van der Waals surface area (Å²) in [5, 5.41) is 9.57. The van der Waals surface area contributed by atoms with E-state index in [2.05, 4.69) is 56.3 Å². The number of hydrogen-bond donors (Lipinski definition) is 0. The minimum Gasteiger partial charge on any atom is -0.304 e. The molecule has 1 aliphatic heterocycles. The predicted octanol–water partition coefficient (Wildman–Crippen LogP) is 3.94. The van der Waals surface area contributed by atoms with E-state index in [1.807, 2.05) is 11.6 Å². The summed E-state index contributed by atoms with van der Waals surface area (Å²) in [5.41, 5.74) is 4.21. The Morgan fingerprint density at radius 2 is 2.03 bits per heavy atom. The van der Waals surface area contributed by atoms with Crippen LogP contribution in [-0.2, 0) is 7.05 Å². The maximum Gasteiger partial charge on any atom is 0.191 e. The number of hydrogen-bond acceptors (Lipinski definition) is 6. The van der Waals surface area contributed by atoms with E-state index < -0.39 is 0 Å². The van der Waals surface area contributed by atoms with Crippen molar-refractivity contribution in [3.8, 4) is 11.5 Å². The Morgan fingerprint density at radius 3 is 2.83 bits per heavy atom. The Hall–Kier alpha value is -2.25. The Labute approximate surface area is 182 Å². The molecule has 3 heterocycles. The molecule has 30 heavy (non-hydrogen) atoms. The van der Waals surface area contributed by atoms with Crippen molar-refractivity contribution in [2.24, 2.45) is 12.5 Å². The van der Waals surface area contributed by atoms with Gasteiger partial charge in [-0.1, -0.05) is 41.6 Å². The molecule has 0 unspecified atom stereocenters. The maximum atomic E-state index is 4.34. The van der Waals surface area contributed by atoms with E-state index in [1.54, 1.807) is 35.9 Å². The van der Waals surface area contributed by atoms with Gasteiger partial charge in [0.25, 0.3) is 0 Å². The van der Waals surface area contributed by atoms with Crippen LogP contribution >= 0.6 is 11.8 Å². The molecular formula is C23H28N6S. The van der Waals surface area contributed by atoms with Gasteiger partial charge < -0.3 is 9.47 Å². The summed E-state index contributed by atoms with van der Waals surface area (Å²) in [6.07, 6.45) is 8.97. The third-order valence-electron chi connectivity index (χ3n) is 6.61. The van der Waals surface area contributed by atoms with E-state index in [0.29, 0.717) is 5.41 Å². The lowest BCUT2D eigenvalue weighted by Gasteiger charge is -2.16. The first-order valence-electron chi connectivity index (χ1n) is 10.7. The molecule has 1 aliphatic carbocycles. The molecule has 0 bridgehead atoms. The van der Waals surface area contributed by atoms with Crippen molar-refractivity contribution in [1.82, 2.24) is 29.6 Å². The van der Waals surface area contributed by atoms with Crippen LogP contribution in [0.4, 0.5) is 0 Å². The standard InChI is InChI=1S/C23H28N6S/c1-17-4-6-18(7-5-17)19-14-23(19)8-12-29(16-23)11-3-13-30-22-27-26-21(28(22)2)20-15-24-9-10-25-20/h4-7,9-10,15,19H,3,8,11-14,16H2,1-2H3/t19-,23+/m0/s1. The Morgan fingerprint density at radius 1 is 1.17 bits per heavy atom. The molecule has 156 valence electrons. The summed E-state index contributed by atoms with van der Waals surface area (Å²) in [6, 6.07) is 9.19. The van der Waals surface area contributed by atoms with Crippen LogP contribution < -0.4 is 0 Å². The van der Waals surface area contributed by atoms with Crippen molar-refractivity contribution in [2.75, 3.05) is 25.4 Å². The molecule has 1 saturated carbocycles. The topological polar surface area (TPSA) is 59.7 Å². The van der Waals surface area contributed by atoms with Crippen LogP contribution in [0.3, 0.4) is 0 Å². The average molecular weight is 421 g/mol. The Bertz CT molecular complexity index is 1000. The monoisotopic (exact) mass is 420 g/mol. The zero-order chi connectivity index (χ0) is 20.6.